The molecule has 0 aliphatic rings. The number of pyridine rings is 1. The van der Waals surface area contributed by atoms with Crippen LogP contribution in [0.3, 0.4) is 0 Å². The zero-order valence-corrected chi connectivity index (χ0v) is 15.1. The molecule has 0 saturated carbocycles. The van der Waals surface area contributed by atoms with E-state index in [9.17, 15) is 9.59 Å². The van der Waals surface area contributed by atoms with Crippen LogP contribution < -0.4 is 10.6 Å². The van der Waals surface area contributed by atoms with Gasteiger partial charge >= 0.3 is 0 Å². The first-order valence-electron chi connectivity index (χ1n) is 8.46. The minimum atomic E-state index is -0.156. The largest absolute Gasteiger partial charge is 0.355 e. The molecule has 0 bridgehead atoms. The number of hydrogen-bond donors (Lipinski definition) is 2. The van der Waals surface area contributed by atoms with Gasteiger partial charge in [0.2, 0.25) is 5.91 Å². The first-order valence-corrected chi connectivity index (χ1v) is 8.46. The van der Waals surface area contributed by atoms with Gasteiger partial charge in [-0.25, -0.2) is 0 Å². The zero-order valence-electron chi connectivity index (χ0n) is 15.1. The van der Waals surface area contributed by atoms with Crippen molar-refractivity contribution in [3.05, 3.63) is 70.9 Å². The van der Waals surface area contributed by atoms with Gasteiger partial charge in [-0.1, -0.05) is 18.2 Å². The number of anilines is 1. The Hall–Kier alpha value is -3.21. The smallest absolute Gasteiger partial charge is 0.251 e. The second kappa shape index (κ2) is 7.35. The summed E-state index contributed by atoms with van der Waals surface area (Å²) in [5, 5.41) is 6.51. The molecule has 132 valence electrons. The number of amides is 2. The molecule has 3 rings (SSSR count). The fourth-order valence-electron chi connectivity index (χ4n) is 3.05. The van der Waals surface area contributed by atoms with E-state index in [0.29, 0.717) is 11.3 Å². The van der Waals surface area contributed by atoms with Crippen LogP contribution in [-0.4, -0.2) is 23.8 Å². The van der Waals surface area contributed by atoms with Gasteiger partial charge in [-0.3, -0.25) is 14.6 Å². The summed E-state index contributed by atoms with van der Waals surface area (Å²) in [7, 11) is 1.58. The molecule has 5 heteroatoms. The first-order chi connectivity index (χ1) is 12.5. The van der Waals surface area contributed by atoms with E-state index < -0.39 is 0 Å². The highest BCUT2D eigenvalue weighted by Crippen LogP contribution is 2.23. The molecule has 0 aliphatic heterocycles. The lowest BCUT2D eigenvalue weighted by atomic mass is 9.99. The van der Waals surface area contributed by atoms with Gasteiger partial charge in [0.25, 0.3) is 5.91 Å². The summed E-state index contributed by atoms with van der Waals surface area (Å²) >= 11 is 0. The van der Waals surface area contributed by atoms with Crippen molar-refractivity contribution in [1.29, 1.82) is 0 Å². The number of nitrogens with zero attached hydrogens (tertiary/aromatic N) is 1. The minimum absolute atomic E-state index is 0.110. The number of carbonyl (C=O) groups is 2. The Kier molecular flexibility index (Phi) is 4.98. The third-order valence-electron chi connectivity index (χ3n) is 4.48. The van der Waals surface area contributed by atoms with Gasteiger partial charge in [0.15, 0.2) is 0 Å². The van der Waals surface area contributed by atoms with Gasteiger partial charge in [0.05, 0.1) is 11.9 Å². The summed E-state index contributed by atoms with van der Waals surface area (Å²) in [6.07, 6.45) is 0.257. The summed E-state index contributed by atoms with van der Waals surface area (Å²) < 4.78 is 0. The van der Waals surface area contributed by atoms with Gasteiger partial charge in [-0.2, -0.15) is 0 Å². The van der Waals surface area contributed by atoms with Crippen LogP contribution in [0.25, 0.3) is 10.9 Å². The topological polar surface area (TPSA) is 71.1 Å². The van der Waals surface area contributed by atoms with E-state index in [-0.39, 0.29) is 18.2 Å². The normalized spacial score (nSPS) is 10.6. The molecule has 0 radical (unpaired) electrons. The van der Waals surface area contributed by atoms with Gasteiger partial charge in [0.1, 0.15) is 0 Å². The number of aromatic nitrogens is 1. The lowest BCUT2D eigenvalue weighted by Crippen LogP contribution is -2.18. The third-order valence-corrected chi connectivity index (χ3v) is 4.48. The quantitative estimate of drug-likeness (QED) is 0.760. The number of hydrogen-bond acceptors (Lipinski definition) is 3. The standard InChI is InChI=1S/C21H21N3O2/c1-13-17-6-4-5-7-19(17)23-14(2)18(13)12-20(25)24-16-10-8-15(9-11-16)21(26)22-3/h4-11H,12H2,1-3H3,(H,22,26)(H,24,25). The maximum atomic E-state index is 12.5. The molecule has 2 aromatic carbocycles. The Balaban J connectivity index is 1.78. The summed E-state index contributed by atoms with van der Waals surface area (Å²) in [6.45, 7) is 3.96. The fourth-order valence-corrected chi connectivity index (χ4v) is 3.05. The maximum absolute atomic E-state index is 12.5. The number of fused-ring (bicyclic) bond motifs is 1. The SMILES string of the molecule is CNC(=O)c1ccc(NC(=O)Cc2c(C)nc3ccccc3c2C)cc1. The highest BCUT2D eigenvalue weighted by atomic mass is 16.2. The van der Waals surface area contributed by atoms with Crippen molar-refractivity contribution < 1.29 is 9.59 Å². The molecular weight excluding hydrogens is 326 g/mol. The number of para-hydroxylation sites is 1. The molecule has 0 unspecified atom stereocenters. The van der Waals surface area contributed by atoms with Crippen molar-refractivity contribution in [2.45, 2.75) is 20.3 Å². The Morgan fingerprint density at radius 1 is 1.00 bits per heavy atom. The van der Waals surface area contributed by atoms with Crippen molar-refractivity contribution in [3.8, 4) is 0 Å². The number of carbonyl (C=O) groups excluding carboxylic acids is 2. The molecule has 2 amide bonds. The molecule has 0 fully saturated rings. The molecular formula is C21H21N3O2. The Bertz CT molecular complexity index is 978. The molecule has 2 N–H and O–H groups in total. The molecule has 0 aliphatic carbocycles. The molecule has 0 atom stereocenters. The van der Waals surface area contributed by atoms with Gasteiger partial charge in [0, 0.05) is 29.4 Å². The zero-order chi connectivity index (χ0) is 18.7. The van der Waals surface area contributed by atoms with Crippen molar-refractivity contribution in [2.24, 2.45) is 0 Å². The summed E-state index contributed by atoms with van der Waals surface area (Å²) in [5.41, 5.74) is 5.05. The average molecular weight is 347 g/mol. The highest BCUT2D eigenvalue weighted by molar-refractivity contribution is 5.96. The van der Waals surface area contributed by atoms with E-state index in [2.05, 4.69) is 15.6 Å². The lowest BCUT2D eigenvalue weighted by Gasteiger charge is -2.13. The van der Waals surface area contributed by atoms with E-state index in [1.54, 1.807) is 31.3 Å². The van der Waals surface area contributed by atoms with Gasteiger partial charge in [-0.05, 0) is 55.3 Å². The van der Waals surface area contributed by atoms with Crippen LogP contribution in [0.1, 0.15) is 27.2 Å². The average Bonchev–Trinajstić information content (AvgIpc) is 2.65. The number of aryl methyl sites for hydroxylation is 2. The van der Waals surface area contributed by atoms with E-state index in [1.807, 2.05) is 38.1 Å². The van der Waals surface area contributed by atoms with Crippen molar-refractivity contribution >= 4 is 28.4 Å². The van der Waals surface area contributed by atoms with Crippen LogP contribution in [-0.2, 0) is 11.2 Å². The second-order valence-corrected chi connectivity index (χ2v) is 6.20. The molecule has 26 heavy (non-hydrogen) atoms. The predicted octanol–water partition coefficient (Wildman–Crippen LogP) is 3.39. The fraction of sp³-hybridized carbons (Fsp3) is 0.190. The molecule has 0 saturated heterocycles. The van der Waals surface area contributed by atoms with E-state index in [1.165, 1.54) is 0 Å². The lowest BCUT2D eigenvalue weighted by molar-refractivity contribution is -0.115. The Morgan fingerprint density at radius 2 is 1.69 bits per heavy atom. The van der Waals surface area contributed by atoms with Gasteiger partial charge < -0.3 is 10.6 Å². The van der Waals surface area contributed by atoms with Crippen molar-refractivity contribution in [2.75, 3.05) is 12.4 Å². The van der Waals surface area contributed by atoms with Crippen LogP contribution in [0.15, 0.2) is 48.5 Å². The van der Waals surface area contributed by atoms with E-state index >= 15 is 0 Å². The third kappa shape index (κ3) is 3.57. The van der Waals surface area contributed by atoms with Crippen LogP contribution in [0.2, 0.25) is 0 Å². The van der Waals surface area contributed by atoms with Crippen molar-refractivity contribution in [3.63, 3.8) is 0 Å². The van der Waals surface area contributed by atoms with Gasteiger partial charge in [-0.15, -0.1) is 0 Å². The number of rotatable bonds is 4. The maximum Gasteiger partial charge on any atom is 0.251 e. The molecule has 1 heterocycles. The molecule has 5 nitrogen and oxygen atoms in total. The van der Waals surface area contributed by atoms with Crippen LogP contribution in [0.4, 0.5) is 5.69 Å². The number of nitrogens with one attached hydrogen (secondary N) is 2. The first kappa shape index (κ1) is 17.6. The van der Waals surface area contributed by atoms with Crippen LogP contribution >= 0.6 is 0 Å². The molecule has 3 aromatic rings. The van der Waals surface area contributed by atoms with Crippen molar-refractivity contribution in [1.82, 2.24) is 10.3 Å². The van der Waals surface area contributed by atoms with E-state index in [0.717, 1.165) is 27.7 Å². The van der Waals surface area contributed by atoms with E-state index in [4.69, 9.17) is 0 Å². The predicted molar refractivity (Wildman–Crippen MR) is 103 cm³/mol. The summed E-state index contributed by atoms with van der Waals surface area (Å²) in [5.74, 6) is -0.266. The Morgan fingerprint density at radius 3 is 2.38 bits per heavy atom. The molecule has 0 spiro atoms. The Labute approximate surface area is 152 Å². The highest BCUT2D eigenvalue weighted by Gasteiger charge is 2.13. The van der Waals surface area contributed by atoms with Crippen LogP contribution in [0.5, 0.6) is 0 Å². The molecule has 1 aromatic heterocycles. The summed E-state index contributed by atoms with van der Waals surface area (Å²) in [6, 6.07) is 14.8. The number of benzene rings is 2. The monoisotopic (exact) mass is 347 g/mol. The summed E-state index contributed by atoms with van der Waals surface area (Å²) in [4.78, 5) is 28.7. The second-order valence-electron chi connectivity index (χ2n) is 6.20. The minimum Gasteiger partial charge on any atom is -0.355 e. The van der Waals surface area contributed by atoms with Crippen LogP contribution in [0, 0.1) is 13.8 Å².